The Bertz CT molecular complexity index is 1140. The van der Waals surface area contributed by atoms with E-state index in [-0.39, 0.29) is 5.91 Å². The molecule has 0 radical (unpaired) electrons. The highest BCUT2D eigenvalue weighted by molar-refractivity contribution is 5.92. The Hall–Kier alpha value is -3.74. The number of rotatable bonds is 4. The number of pyridine rings is 1. The maximum Gasteiger partial charge on any atom is 0.269 e. The largest absolute Gasteiger partial charge is 0.457 e. The predicted molar refractivity (Wildman–Crippen MR) is 99.7 cm³/mol. The number of ether oxygens (including phenoxy) is 1. The highest BCUT2D eigenvalue weighted by Gasteiger charge is 2.09. The first-order valence-corrected chi connectivity index (χ1v) is 8.33. The summed E-state index contributed by atoms with van der Waals surface area (Å²) in [7, 11) is 1.56. The molecule has 1 N–H and O–H groups in total. The minimum absolute atomic E-state index is 0.261. The average molecular weight is 360 g/mol. The fourth-order valence-corrected chi connectivity index (χ4v) is 2.71. The minimum atomic E-state index is -0.261. The van der Waals surface area contributed by atoms with Crippen LogP contribution in [0.15, 0.2) is 59.3 Å². The Balaban J connectivity index is 1.61. The van der Waals surface area contributed by atoms with Crippen molar-refractivity contribution in [3.05, 3.63) is 66.3 Å². The van der Waals surface area contributed by atoms with Crippen LogP contribution in [0.2, 0.25) is 0 Å². The number of amides is 1. The van der Waals surface area contributed by atoms with Crippen LogP contribution in [0.25, 0.3) is 22.2 Å². The molecule has 7 heteroatoms. The van der Waals surface area contributed by atoms with E-state index in [0.29, 0.717) is 28.9 Å². The van der Waals surface area contributed by atoms with Gasteiger partial charge in [0.15, 0.2) is 0 Å². The van der Waals surface area contributed by atoms with Crippen LogP contribution in [-0.2, 0) is 0 Å². The van der Waals surface area contributed by atoms with Crippen molar-refractivity contribution in [1.82, 2.24) is 20.4 Å². The lowest BCUT2D eigenvalue weighted by Gasteiger charge is -2.08. The van der Waals surface area contributed by atoms with Crippen LogP contribution in [0.5, 0.6) is 11.5 Å². The van der Waals surface area contributed by atoms with Gasteiger partial charge in [-0.05, 0) is 35.0 Å². The molecule has 0 aliphatic carbocycles. The van der Waals surface area contributed by atoms with Crippen molar-refractivity contribution in [2.45, 2.75) is 6.92 Å². The molecule has 1 amide bonds. The second kappa shape index (κ2) is 6.87. The smallest absolute Gasteiger partial charge is 0.269 e. The molecule has 2 aromatic heterocycles. The summed E-state index contributed by atoms with van der Waals surface area (Å²) in [5, 5.41) is 8.53. The topological polar surface area (TPSA) is 90.1 Å². The van der Waals surface area contributed by atoms with E-state index in [1.807, 2.05) is 36.4 Å². The third kappa shape index (κ3) is 3.48. The quantitative estimate of drug-likeness (QED) is 0.596. The standard InChI is InChI=1S/C20H16N4O3/c1-12-23-19(24-27-12)15-4-3-14-10-16(6-5-13(14)9-15)26-17-7-8-22-18(11-17)20(25)21-2/h3-11H,1-2H3,(H,21,25). The molecule has 0 bridgehead atoms. The molecule has 0 saturated heterocycles. The van der Waals surface area contributed by atoms with Gasteiger partial charge < -0.3 is 14.6 Å². The van der Waals surface area contributed by atoms with Gasteiger partial charge in [-0.1, -0.05) is 23.4 Å². The third-order valence-electron chi connectivity index (χ3n) is 4.02. The summed E-state index contributed by atoms with van der Waals surface area (Å²) in [5.74, 6) is 2.04. The molecule has 27 heavy (non-hydrogen) atoms. The Morgan fingerprint density at radius 2 is 1.81 bits per heavy atom. The molecular formula is C20H16N4O3. The zero-order valence-electron chi connectivity index (χ0n) is 14.8. The fraction of sp³-hybridized carbons (Fsp3) is 0.100. The van der Waals surface area contributed by atoms with Gasteiger partial charge in [-0.2, -0.15) is 4.98 Å². The number of hydrogen-bond acceptors (Lipinski definition) is 6. The highest BCUT2D eigenvalue weighted by atomic mass is 16.5. The third-order valence-corrected chi connectivity index (χ3v) is 4.02. The van der Waals surface area contributed by atoms with Crippen LogP contribution in [0, 0.1) is 6.92 Å². The predicted octanol–water partition coefficient (Wildman–Crippen LogP) is 3.75. The SMILES string of the molecule is CNC(=O)c1cc(Oc2ccc3cc(-c4noc(C)n4)ccc3c2)ccn1. The molecule has 2 aromatic carbocycles. The van der Waals surface area contributed by atoms with E-state index in [2.05, 4.69) is 20.4 Å². The molecule has 2 heterocycles. The number of carbonyl (C=O) groups excluding carboxylic acids is 1. The molecule has 4 aromatic rings. The molecule has 0 saturated carbocycles. The van der Waals surface area contributed by atoms with Crippen LogP contribution in [-0.4, -0.2) is 28.1 Å². The molecule has 0 atom stereocenters. The second-order valence-corrected chi connectivity index (χ2v) is 5.92. The van der Waals surface area contributed by atoms with Crippen LogP contribution >= 0.6 is 0 Å². The van der Waals surface area contributed by atoms with Gasteiger partial charge >= 0.3 is 0 Å². The Morgan fingerprint density at radius 3 is 2.59 bits per heavy atom. The van der Waals surface area contributed by atoms with Crippen molar-refractivity contribution in [3.63, 3.8) is 0 Å². The Kier molecular flexibility index (Phi) is 4.25. The Labute approximate surface area is 155 Å². The molecule has 4 rings (SSSR count). The maximum atomic E-state index is 11.7. The molecule has 0 spiro atoms. The minimum Gasteiger partial charge on any atom is -0.457 e. The van der Waals surface area contributed by atoms with Gasteiger partial charge in [0.25, 0.3) is 5.91 Å². The zero-order valence-corrected chi connectivity index (χ0v) is 14.8. The number of nitrogens with one attached hydrogen (secondary N) is 1. The molecule has 0 aliphatic rings. The van der Waals surface area contributed by atoms with E-state index in [4.69, 9.17) is 9.26 Å². The molecule has 0 unspecified atom stereocenters. The molecule has 134 valence electrons. The summed E-state index contributed by atoms with van der Waals surface area (Å²) in [6, 6.07) is 15.0. The number of aromatic nitrogens is 3. The second-order valence-electron chi connectivity index (χ2n) is 5.92. The monoisotopic (exact) mass is 360 g/mol. The number of hydrogen-bond donors (Lipinski definition) is 1. The average Bonchev–Trinajstić information content (AvgIpc) is 3.13. The number of aryl methyl sites for hydroxylation is 1. The molecule has 0 aliphatic heterocycles. The van der Waals surface area contributed by atoms with Gasteiger partial charge in [0, 0.05) is 31.8 Å². The van der Waals surface area contributed by atoms with Crippen molar-refractivity contribution in [2.24, 2.45) is 0 Å². The number of fused-ring (bicyclic) bond motifs is 1. The van der Waals surface area contributed by atoms with Gasteiger partial charge in [0.2, 0.25) is 11.7 Å². The lowest BCUT2D eigenvalue weighted by molar-refractivity contribution is 0.0958. The van der Waals surface area contributed by atoms with Gasteiger partial charge in [-0.3, -0.25) is 9.78 Å². The summed E-state index contributed by atoms with van der Waals surface area (Å²) < 4.78 is 10.9. The molecule has 7 nitrogen and oxygen atoms in total. The lowest BCUT2D eigenvalue weighted by Crippen LogP contribution is -2.18. The number of benzene rings is 2. The molecular weight excluding hydrogens is 344 g/mol. The first kappa shape index (κ1) is 16.7. The van der Waals surface area contributed by atoms with E-state index < -0.39 is 0 Å². The molecule has 0 fully saturated rings. The first-order valence-electron chi connectivity index (χ1n) is 8.33. The summed E-state index contributed by atoms with van der Waals surface area (Å²) in [5.41, 5.74) is 1.19. The van der Waals surface area contributed by atoms with Crippen LogP contribution in [0.1, 0.15) is 16.4 Å². The maximum absolute atomic E-state index is 11.7. The lowest BCUT2D eigenvalue weighted by atomic mass is 10.1. The number of nitrogens with zero attached hydrogens (tertiary/aromatic N) is 3. The first-order chi connectivity index (χ1) is 13.1. The van der Waals surface area contributed by atoms with Crippen molar-refractivity contribution in [2.75, 3.05) is 7.05 Å². The van der Waals surface area contributed by atoms with Crippen molar-refractivity contribution >= 4 is 16.7 Å². The van der Waals surface area contributed by atoms with Crippen molar-refractivity contribution in [1.29, 1.82) is 0 Å². The van der Waals surface area contributed by atoms with E-state index in [0.717, 1.165) is 16.3 Å². The van der Waals surface area contributed by atoms with Crippen LogP contribution in [0.4, 0.5) is 0 Å². The van der Waals surface area contributed by atoms with Gasteiger partial charge in [-0.25, -0.2) is 0 Å². The summed E-state index contributed by atoms with van der Waals surface area (Å²) >= 11 is 0. The summed E-state index contributed by atoms with van der Waals surface area (Å²) in [6.07, 6.45) is 1.54. The summed E-state index contributed by atoms with van der Waals surface area (Å²) in [4.78, 5) is 20.0. The van der Waals surface area contributed by atoms with Gasteiger partial charge in [0.05, 0.1) is 0 Å². The van der Waals surface area contributed by atoms with Crippen molar-refractivity contribution < 1.29 is 14.1 Å². The zero-order chi connectivity index (χ0) is 18.8. The van der Waals surface area contributed by atoms with Gasteiger partial charge in [0.1, 0.15) is 17.2 Å². The van der Waals surface area contributed by atoms with E-state index in [9.17, 15) is 4.79 Å². The van der Waals surface area contributed by atoms with E-state index in [1.165, 1.54) is 0 Å². The van der Waals surface area contributed by atoms with E-state index in [1.54, 1.807) is 32.3 Å². The van der Waals surface area contributed by atoms with Crippen molar-refractivity contribution in [3.8, 4) is 22.9 Å². The van der Waals surface area contributed by atoms with Gasteiger partial charge in [-0.15, -0.1) is 0 Å². The fourth-order valence-electron chi connectivity index (χ4n) is 2.71. The Morgan fingerprint density at radius 1 is 1.04 bits per heavy atom. The van der Waals surface area contributed by atoms with Crippen LogP contribution in [0.3, 0.4) is 0 Å². The normalized spacial score (nSPS) is 10.7. The van der Waals surface area contributed by atoms with Crippen LogP contribution < -0.4 is 10.1 Å². The summed E-state index contributed by atoms with van der Waals surface area (Å²) in [6.45, 7) is 1.76. The highest BCUT2D eigenvalue weighted by Crippen LogP contribution is 2.28. The van der Waals surface area contributed by atoms with E-state index >= 15 is 0 Å². The number of carbonyl (C=O) groups is 1.